The van der Waals surface area contributed by atoms with Gasteiger partial charge in [-0.3, -0.25) is 4.90 Å². The molecular weight excluding hydrogens is 314 g/mol. The third-order valence-electron chi connectivity index (χ3n) is 5.21. The van der Waals surface area contributed by atoms with Crippen molar-refractivity contribution >= 4 is 11.6 Å². The number of pyridine rings is 1. The Kier molecular flexibility index (Phi) is 5.18. The Labute approximate surface area is 148 Å². The summed E-state index contributed by atoms with van der Waals surface area (Å²) in [4.78, 5) is 15.7. The van der Waals surface area contributed by atoms with Crippen LogP contribution in [-0.2, 0) is 11.2 Å². The van der Waals surface area contributed by atoms with Crippen LogP contribution >= 0.6 is 0 Å². The molecule has 1 N–H and O–H groups in total. The van der Waals surface area contributed by atoms with E-state index in [1.165, 1.54) is 32.4 Å². The monoisotopic (exact) mass is 339 g/mol. The SMILES string of the molecule is c1ccc(Nc2cc(CC3CCN([C@H]4CCOC4)CC3)ncn2)nc1. The van der Waals surface area contributed by atoms with Gasteiger partial charge in [-0.05, 0) is 56.8 Å². The van der Waals surface area contributed by atoms with Gasteiger partial charge < -0.3 is 10.1 Å². The molecule has 0 bridgehead atoms. The molecule has 0 unspecified atom stereocenters. The maximum atomic E-state index is 5.52. The highest BCUT2D eigenvalue weighted by Crippen LogP contribution is 2.25. The van der Waals surface area contributed by atoms with Gasteiger partial charge >= 0.3 is 0 Å². The van der Waals surface area contributed by atoms with Gasteiger partial charge in [0.15, 0.2) is 0 Å². The molecule has 0 aliphatic carbocycles. The Morgan fingerprint density at radius 1 is 1.08 bits per heavy atom. The summed E-state index contributed by atoms with van der Waals surface area (Å²) >= 11 is 0. The maximum absolute atomic E-state index is 5.52. The van der Waals surface area contributed by atoms with Gasteiger partial charge in [0, 0.05) is 30.6 Å². The number of likely N-dealkylation sites (tertiary alicyclic amines) is 1. The van der Waals surface area contributed by atoms with E-state index in [4.69, 9.17) is 4.74 Å². The molecule has 0 amide bonds. The van der Waals surface area contributed by atoms with Crippen LogP contribution < -0.4 is 5.32 Å². The van der Waals surface area contributed by atoms with Crippen molar-refractivity contribution < 1.29 is 4.74 Å². The van der Waals surface area contributed by atoms with E-state index < -0.39 is 0 Å². The van der Waals surface area contributed by atoms with E-state index in [1.807, 2.05) is 24.3 Å². The van der Waals surface area contributed by atoms with Crippen molar-refractivity contribution in [2.24, 2.45) is 5.92 Å². The van der Waals surface area contributed by atoms with Crippen LogP contribution in [0.3, 0.4) is 0 Å². The number of aromatic nitrogens is 3. The minimum absolute atomic E-state index is 0.647. The second-order valence-electron chi connectivity index (χ2n) is 6.94. The lowest BCUT2D eigenvalue weighted by molar-refractivity contribution is 0.110. The molecule has 2 aliphatic rings. The predicted molar refractivity (Wildman–Crippen MR) is 96.8 cm³/mol. The number of nitrogens with zero attached hydrogens (tertiary/aromatic N) is 4. The van der Waals surface area contributed by atoms with Gasteiger partial charge in [-0.25, -0.2) is 15.0 Å². The molecule has 6 nitrogen and oxygen atoms in total. The van der Waals surface area contributed by atoms with E-state index in [1.54, 1.807) is 12.5 Å². The molecule has 2 saturated heterocycles. The maximum Gasteiger partial charge on any atom is 0.135 e. The van der Waals surface area contributed by atoms with E-state index in [0.717, 1.165) is 37.0 Å². The van der Waals surface area contributed by atoms with Crippen molar-refractivity contribution in [3.8, 4) is 0 Å². The molecule has 132 valence electrons. The van der Waals surface area contributed by atoms with Crippen LogP contribution in [-0.4, -0.2) is 52.2 Å². The van der Waals surface area contributed by atoms with E-state index in [0.29, 0.717) is 12.0 Å². The van der Waals surface area contributed by atoms with Crippen LogP contribution in [0.25, 0.3) is 0 Å². The lowest BCUT2D eigenvalue weighted by atomic mass is 9.91. The van der Waals surface area contributed by atoms with Crippen molar-refractivity contribution in [3.05, 3.63) is 42.5 Å². The molecule has 4 rings (SSSR count). The first kappa shape index (κ1) is 16.4. The van der Waals surface area contributed by atoms with Crippen molar-refractivity contribution in [3.63, 3.8) is 0 Å². The molecule has 25 heavy (non-hydrogen) atoms. The Bertz CT molecular complexity index is 667. The summed E-state index contributed by atoms with van der Waals surface area (Å²) in [6.07, 6.45) is 8.11. The summed E-state index contributed by atoms with van der Waals surface area (Å²) in [5, 5.41) is 3.24. The van der Waals surface area contributed by atoms with Crippen LogP contribution in [0.15, 0.2) is 36.8 Å². The zero-order chi connectivity index (χ0) is 16.9. The summed E-state index contributed by atoms with van der Waals surface area (Å²) in [5.74, 6) is 2.32. The molecule has 2 aromatic rings. The molecule has 2 aromatic heterocycles. The first-order chi connectivity index (χ1) is 12.4. The van der Waals surface area contributed by atoms with Crippen molar-refractivity contribution in [2.45, 2.75) is 31.7 Å². The number of rotatable bonds is 5. The first-order valence-corrected chi connectivity index (χ1v) is 9.17. The molecule has 0 spiro atoms. The summed E-state index contributed by atoms with van der Waals surface area (Å²) < 4.78 is 5.52. The quantitative estimate of drug-likeness (QED) is 0.903. The molecular formula is C19H25N5O. The van der Waals surface area contributed by atoms with Crippen LogP contribution in [0.5, 0.6) is 0 Å². The highest BCUT2D eigenvalue weighted by Gasteiger charge is 2.27. The van der Waals surface area contributed by atoms with Gasteiger partial charge in [0.05, 0.1) is 6.61 Å². The minimum atomic E-state index is 0.647. The predicted octanol–water partition coefficient (Wildman–Crippen LogP) is 2.66. The third-order valence-corrected chi connectivity index (χ3v) is 5.21. The van der Waals surface area contributed by atoms with Crippen LogP contribution in [0, 0.1) is 5.92 Å². The van der Waals surface area contributed by atoms with Crippen molar-refractivity contribution in [1.29, 1.82) is 0 Å². The standard InChI is InChI=1S/C19H25N5O/c1-2-7-20-18(3-1)23-19-12-16(21-14-22-19)11-15-4-8-24(9-5-15)17-6-10-25-13-17/h1-3,7,12,14-15,17H,4-6,8-11,13H2,(H,20,21,22,23)/t17-/m0/s1. The molecule has 1 atom stereocenters. The molecule has 0 saturated carbocycles. The van der Waals surface area contributed by atoms with Crippen molar-refractivity contribution in [1.82, 2.24) is 19.9 Å². The lowest BCUT2D eigenvalue weighted by Gasteiger charge is -2.35. The topological polar surface area (TPSA) is 63.2 Å². The number of anilines is 2. The van der Waals surface area contributed by atoms with E-state index >= 15 is 0 Å². The second kappa shape index (κ2) is 7.89. The molecule has 2 aliphatic heterocycles. The molecule has 0 radical (unpaired) electrons. The molecule has 6 heteroatoms. The third kappa shape index (κ3) is 4.32. The van der Waals surface area contributed by atoms with Crippen LogP contribution in [0.2, 0.25) is 0 Å². The fraction of sp³-hybridized carbons (Fsp3) is 0.526. The first-order valence-electron chi connectivity index (χ1n) is 9.17. The number of piperidine rings is 1. The smallest absolute Gasteiger partial charge is 0.135 e. The Morgan fingerprint density at radius 2 is 2.00 bits per heavy atom. The molecule has 4 heterocycles. The normalized spacial score (nSPS) is 22.2. The Balaban J connectivity index is 1.31. The van der Waals surface area contributed by atoms with Crippen LogP contribution in [0.1, 0.15) is 25.0 Å². The average Bonchev–Trinajstić information content (AvgIpc) is 3.18. The van der Waals surface area contributed by atoms with E-state index in [9.17, 15) is 0 Å². The van der Waals surface area contributed by atoms with Gasteiger partial charge in [0.2, 0.25) is 0 Å². The summed E-state index contributed by atoms with van der Waals surface area (Å²) in [6.45, 7) is 4.21. The highest BCUT2D eigenvalue weighted by atomic mass is 16.5. The summed E-state index contributed by atoms with van der Waals surface area (Å²) in [5.41, 5.74) is 1.11. The largest absolute Gasteiger partial charge is 0.380 e. The Morgan fingerprint density at radius 3 is 2.76 bits per heavy atom. The van der Waals surface area contributed by atoms with Gasteiger partial charge in [0.1, 0.15) is 18.0 Å². The van der Waals surface area contributed by atoms with Gasteiger partial charge in [-0.15, -0.1) is 0 Å². The second-order valence-corrected chi connectivity index (χ2v) is 6.94. The van der Waals surface area contributed by atoms with Gasteiger partial charge in [-0.1, -0.05) is 6.07 Å². The molecule has 0 aromatic carbocycles. The fourth-order valence-electron chi connectivity index (χ4n) is 3.77. The number of ether oxygens (including phenoxy) is 1. The fourth-order valence-corrected chi connectivity index (χ4v) is 3.77. The lowest BCUT2D eigenvalue weighted by Crippen LogP contribution is -2.42. The molecule has 2 fully saturated rings. The van der Waals surface area contributed by atoms with Crippen LogP contribution in [0.4, 0.5) is 11.6 Å². The highest BCUT2D eigenvalue weighted by molar-refractivity contribution is 5.50. The van der Waals surface area contributed by atoms with Gasteiger partial charge in [0.25, 0.3) is 0 Å². The summed E-state index contributed by atoms with van der Waals surface area (Å²) in [7, 11) is 0. The zero-order valence-corrected chi connectivity index (χ0v) is 14.5. The summed E-state index contributed by atoms with van der Waals surface area (Å²) in [6, 6.07) is 8.49. The van der Waals surface area contributed by atoms with Gasteiger partial charge in [-0.2, -0.15) is 0 Å². The average molecular weight is 339 g/mol. The van der Waals surface area contributed by atoms with Crippen molar-refractivity contribution in [2.75, 3.05) is 31.6 Å². The number of hydrogen-bond donors (Lipinski definition) is 1. The van der Waals surface area contributed by atoms with E-state index in [2.05, 4.69) is 25.2 Å². The number of hydrogen-bond acceptors (Lipinski definition) is 6. The Hall–Kier alpha value is -2.05. The van der Waals surface area contributed by atoms with E-state index in [-0.39, 0.29) is 0 Å². The zero-order valence-electron chi connectivity index (χ0n) is 14.5. The number of nitrogens with one attached hydrogen (secondary N) is 1. The minimum Gasteiger partial charge on any atom is -0.380 e.